The molecule has 5 rings (SSSR count). The highest BCUT2D eigenvalue weighted by atomic mass is 35.5. The summed E-state index contributed by atoms with van der Waals surface area (Å²) in [6, 6.07) is -0.337. The van der Waals surface area contributed by atoms with E-state index < -0.39 is 30.3 Å². The average molecular weight is 520 g/mol. The molecule has 1 saturated carbocycles. The molecule has 12 heteroatoms. The van der Waals surface area contributed by atoms with Gasteiger partial charge >= 0.3 is 6.18 Å². The van der Waals surface area contributed by atoms with Gasteiger partial charge in [0.25, 0.3) is 0 Å². The number of imidazole rings is 1. The summed E-state index contributed by atoms with van der Waals surface area (Å²) in [5.41, 5.74) is 0.439. The number of H-pyrrole nitrogens is 1. The van der Waals surface area contributed by atoms with Crippen molar-refractivity contribution >= 4 is 47.2 Å². The van der Waals surface area contributed by atoms with E-state index in [1.165, 1.54) is 6.08 Å². The molecule has 0 aromatic carbocycles. The lowest BCUT2D eigenvalue weighted by atomic mass is 9.82. The van der Waals surface area contributed by atoms with Gasteiger partial charge in [-0.3, -0.25) is 20.7 Å². The number of aromatic amines is 1. The Balaban J connectivity index is 1.27. The van der Waals surface area contributed by atoms with E-state index in [0.717, 1.165) is 6.08 Å². The van der Waals surface area contributed by atoms with Crippen LogP contribution in [0.4, 0.5) is 23.5 Å². The van der Waals surface area contributed by atoms with Crippen LogP contribution in [-0.4, -0.2) is 51.8 Å². The standard InChI is InChI=1S/C22H23Cl2F4N5O/c23-11-2-1-3-13(25)17(11)19-29-16-7-9(6-12(24)18(16)32-19)20(34)33-21-30-14-5-4-10(22(26,27)28)8-15(14)31-21/h1-2,5,8-10,12-13,16,18-19,29,32H,3-4,6-7H2,(H2,30,31,33,34). The Morgan fingerprint density at radius 2 is 2.00 bits per heavy atom. The van der Waals surface area contributed by atoms with Crippen molar-refractivity contribution in [3.8, 4) is 0 Å². The number of halogens is 6. The highest BCUT2D eigenvalue weighted by molar-refractivity contribution is 6.31. The topological polar surface area (TPSA) is 81.8 Å². The average Bonchev–Trinajstić information content (AvgIpc) is 3.36. The summed E-state index contributed by atoms with van der Waals surface area (Å²) in [7, 11) is 0. The maximum Gasteiger partial charge on any atom is 0.395 e. The predicted molar refractivity (Wildman–Crippen MR) is 121 cm³/mol. The third-order valence-electron chi connectivity index (χ3n) is 6.87. The maximum atomic E-state index is 14.5. The maximum absolute atomic E-state index is 14.5. The number of carbonyl (C=O) groups excluding carboxylic acids is 1. The van der Waals surface area contributed by atoms with Gasteiger partial charge in [-0.15, -0.1) is 11.6 Å². The van der Waals surface area contributed by atoms with Crippen LogP contribution in [-0.2, 0) is 4.79 Å². The number of fused-ring (bicyclic) bond motifs is 2. The van der Waals surface area contributed by atoms with Crippen molar-refractivity contribution in [1.29, 1.82) is 0 Å². The highest BCUT2D eigenvalue weighted by Crippen LogP contribution is 2.36. The number of aromatic nitrogens is 2. The number of amides is 1. The molecule has 1 aromatic rings. The van der Waals surface area contributed by atoms with E-state index in [-0.39, 0.29) is 47.5 Å². The number of carbonyl (C=O) groups is 1. The third-order valence-corrected chi connectivity index (χ3v) is 7.66. The van der Waals surface area contributed by atoms with Crippen molar-refractivity contribution in [3.63, 3.8) is 0 Å². The van der Waals surface area contributed by atoms with Gasteiger partial charge in [-0.05, 0) is 31.4 Å². The molecule has 3 aliphatic carbocycles. The zero-order valence-corrected chi connectivity index (χ0v) is 19.3. The number of nitrogens with zero attached hydrogens (tertiary/aromatic N) is 1. The minimum atomic E-state index is -4.34. The molecule has 1 saturated heterocycles. The Hall–Kier alpha value is -1.88. The Labute approximate surface area is 202 Å². The lowest BCUT2D eigenvalue weighted by Crippen LogP contribution is -2.49. The molecular formula is C22H23Cl2F4N5O. The molecule has 2 fully saturated rings. The van der Waals surface area contributed by atoms with E-state index >= 15 is 0 Å². The fourth-order valence-corrected chi connectivity index (χ4v) is 5.92. The van der Waals surface area contributed by atoms with Gasteiger partial charge in [0.2, 0.25) is 11.9 Å². The smallest absolute Gasteiger partial charge is 0.324 e. The Kier molecular flexibility index (Phi) is 6.29. The number of hydrogen-bond donors (Lipinski definition) is 4. The second kappa shape index (κ2) is 8.96. The van der Waals surface area contributed by atoms with E-state index in [4.69, 9.17) is 23.2 Å². The normalized spacial score (nSPS) is 35.3. The van der Waals surface area contributed by atoms with E-state index in [1.54, 1.807) is 12.2 Å². The molecule has 6 nitrogen and oxygen atoms in total. The molecule has 7 atom stereocenters. The Morgan fingerprint density at radius 1 is 1.21 bits per heavy atom. The molecule has 34 heavy (non-hydrogen) atoms. The molecule has 4 N–H and O–H groups in total. The molecule has 1 amide bonds. The first-order valence-corrected chi connectivity index (χ1v) is 11.9. The summed E-state index contributed by atoms with van der Waals surface area (Å²) in [4.78, 5) is 19.9. The van der Waals surface area contributed by atoms with Crippen LogP contribution in [0.15, 0.2) is 22.8 Å². The molecule has 1 aromatic heterocycles. The van der Waals surface area contributed by atoms with Crippen molar-refractivity contribution < 1.29 is 22.4 Å². The van der Waals surface area contributed by atoms with E-state index in [2.05, 4.69) is 25.9 Å². The molecule has 4 aliphatic rings. The van der Waals surface area contributed by atoms with E-state index in [0.29, 0.717) is 28.8 Å². The van der Waals surface area contributed by atoms with Gasteiger partial charge in [0, 0.05) is 35.0 Å². The summed E-state index contributed by atoms with van der Waals surface area (Å²) in [6.07, 6.45) is 0.749. The Bertz CT molecular complexity index is 1160. The first-order valence-electron chi connectivity index (χ1n) is 11.1. The molecule has 0 radical (unpaired) electrons. The van der Waals surface area contributed by atoms with Crippen LogP contribution in [0.5, 0.6) is 0 Å². The lowest BCUT2D eigenvalue weighted by molar-refractivity contribution is -0.155. The summed E-state index contributed by atoms with van der Waals surface area (Å²) in [5.74, 6) is -2.27. The number of anilines is 1. The fraction of sp³-hybridized carbons (Fsp3) is 0.545. The van der Waals surface area contributed by atoms with E-state index in [9.17, 15) is 22.4 Å². The van der Waals surface area contributed by atoms with Crippen molar-refractivity contribution in [1.82, 2.24) is 20.6 Å². The summed E-state index contributed by atoms with van der Waals surface area (Å²) in [6.45, 7) is 0. The molecule has 2 heterocycles. The molecule has 1 aliphatic heterocycles. The SMILES string of the molecule is O=C(Nc1nc2c([nH]1)=CC(C(F)(F)F)CC=2)C1CC(Cl)C2NC(C3=C(Cl)C=CCC3F)NC2C1. The first-order chi connectivity index (χ1) is 16.1. The highest BCUT2D eigenvalue weighted by Gasteiger charge is 2.47. The zero-order chi connectivity index (χ0) is 24.2. The number of hydrogen-bond acceptors (Lipinski definition) is 4. The van der Waals surface area contributed by atoms with Gasteiger partial charge in [-0.2, -0.15) is 13.2 Å². The molecular weight excluding hydrogens is 497 g/mol. The zero-order valence-electron chi connectivity index (χ0n) is 17.8. The number of alkyl halides is 5. The van der Waals surface area contributed by atoms with Gasteiger partial charge in [-0.25, -0.2) is 9.37 Å². The molecule has 0 bridgehead atoms. The Morgan fingerprint density at radius 3 is 2.74 bits per heavy atom. The van der Waals surface area contributed by atoms with Gasteiger partial charge in [0.15, 0.2) is 0 Å². The quantitative estimate of drug-likeness (QED) is 0.365. The monoisotopic (exact) mass is 519 g/mol. The van der Waals surface area contributed by atoms with Crippen LogP contribution in [0.2, 0.25) is 0 Å². The largest absolute Gasteiger partial charge is 0.395 e. The summed E-state index contributed by atoms with van der Waals surface area (Å²) >= 11 is 12.8. The minimum Gasteiger partial charge on any atom is -0.324 e. The molecule has 0 spiro atoms. The number of rotatable bonds is 3. The van der Waals surface area contributed by atoms with Crippen LogP contribution < -0.4 is 26.6 Å². The van der Waals surface area contributed by atoms with Crippen LogP contribution in [0.25, 0.3) is 12.2 Å². The number of allylic oxidation sites excluding steroid dienone is 3. The van der Waals surface area contributed by atoms with Gasteiger partial charge in [0.05, 0.1) is 28.2 Å². The predicted octanol–water partition coefficient (Wildman–Crippen LogP) is 2.56. The van der Waals surface area contributed by atoms with Gasteiger partial charge in [0.1, 0.15) is 6.17 Å². The summed E-state index contributed by atoms with van der Waals surface area (Å²) in [5, 5.41) is 9.91. The summed E-state index contributed by atoms with van der Waals surface area (Å²) < 4.78 is 53.6. The second-order valence-electron chi connectivity index (χ2n) is 9.12. The van der Waals surface area contributed by atoms with Crippen LogP contribution >= 0.6 is 23.2 Å². The number of nitrogens with one attached hydrogen (secondary N) is 4. The van der Waals surface area contributed by atoms with Crippen molar-refractivity contribution in [2.45, 2.75) is 61.7 Å². The minimum absolute atomic E-state index is 0.0974. The molecule has 184 valence electrons. The third kappa shape index (κ3) is 4.53. The first kappa shape index (κ1) is 23.8. The van der Waals surface area contributed by atoms with Gasteiger partial charge in [-0.1, -0.05) is 23.8 Å². The van der Waals surface area contributed by atoms with Crippen LogP contribution in [0, 0.1) is 11.8 Å². The van der Waals surface area contributed by atoms with E-state index in [1.807, 2.05) is 0 Å². The van der Waals surface area contributed by atoms with Crippen molar-refractivity contribution in [2.75, 3.05) is 5.32 Å². The second-order valence-corrected chi connectivity index (χ2v) is 10.1. The van der Waals surface area contributed by atoms with Crippen molar-refractivity contribution in [3.05, 3.63) is 33.5 Å². The lowest BCUT2D eigenvalue weighted by Gasteiger charge is -2.34. The van der Waals surface area contributed by atoms with Crippen LogP contribution in [0.1, 0.15) is 25.7 Å². The fourth-order valence-electron chi connectivity index (χ4n) is 5.14. The van der Waals surface area contributed by atoms with Crippen LogP contribution in [0.3, 0.4) is 0 Å². The van der Waals surface area contributed by atoms with Crippen molar-refractivity contribution in [2.24, 2.45) is 11.8 Å². The molecule has 7 unspecified atom stereocenters. The van der Waals surface area contributed by atoms with Gasteiger partial charge < -0.3 is 4.98 Å².